The van der Waals surface area contributed by atoms with Gasteiger partial charge in [-0.05, 0) is 23.6 Å². The number of hydrogen-bond acceptors (Lipinski definition) is 3. The first-order valence-electron chi connectivity index (χ1n) is 7.47. The van der Waals surface area contributed by atoms with E-state index in [0.29, 0.717) is 0 Å². The molecule has 2 aromatic rings. The highest BCUT2D eigenvalue weighted by molar-refractivity contribution is 9.10. The second-order valence-electron chi connectivity index (χ2n) is 6.33. The smallest absolute Gasteiger partial charge is 0.188 e. The molecule has 0 unspecified atom stereocenters. The van der Waals surface area contributed by atoms with E-state index in [-0.39, 0.29) is 12.2 Å². The molecule has 0 bridgehead atoms. The molecule has 0 spiro atoms. The molecule has 124 valence electrons. The van der Waals surface area contributed by atoms with E-state index in [9.17, 15) is 0 Å². The molecule has 0 radical (unpaired) electrons. The first-order chi connectivity index (χ1) is 10.9. The van der Waals surface area contributed by atoms with Gasteiger partial charge in [0.1, 0.15) is 11.5 Å². The van der Waals surface area contributed by atoms with Crippen LogP contribution in [0.15, 0.2) is 40.9 Å². The lowest BCUT2D eigenvalue weighted by Gasteiger charge is -2.25. The van der Waals surface area contributed by atoms with Gasteiger partial charge in [-0.1, -0.05) is 54.9 Å². The third-order valence-electron chi connectivity index (χ3n) is 3.61. The number of rotatable bonds is 5. The van der Waals surface area contributed by atoms with E-state index < -0.39 is 0 Å². The average molecular weight is 379 g/mol. The number of ether oxygens (including phenoxy) is 3. The molecule has 0 aromatic heterocycles. The first kappa shape index (κ1) is 17.8. The Balaban J connectivity index is 2.66. The van der Waals surface area contributed by atoms with Crippen molar-refractivity contribution in [2.75, 3.05) is 21.0 Å². The minimum atomic E-state index is -0.0373. The molecule has 0 saturated carbocycles. The van der Waals surface area contributed by atoms with Gasteiger partial charge in [0.05, 0.1) is 7.11 Å². The van der Waals surface area contributed by atoms with E-state index in [0.717, 1.165) is 32.7 Å². The van der Waals surface area contributed by atoms with Crippen molar-refractivity contribution in [3.8, 4) is 22.6 Å². The fraction of sp³-hybridized carbons (Fsp3) is 0.368. The number of para-hydroxylation sites is 1. The molecule has 4 heteroatoms. The van der Waals surface area contributed by atoms with Gasteiger partial charge in [0, 0.05) is 28.3 Å². The molecule has 0 N–H and O–H groups in total. The summed E-state index contributed by atoms with van der Waals surface area (Å²) in [4.78, 5) is 0. The molecule has 0 fully saturated rings. The zero-order valence-corrected chi connectivity index (χ0v) is 15.9. The van der Waals surface area contributed by atoms with Crippen LogP contribution in [0.25, 0.3) is 11.1 Å². The van der Waals surface area contributed by atoms with Crippen molar-refractivity contribution >= 4 is 15.9 Å². The summed E-state index contributed by atoms with van der Waals surface area (Å²) in [6, 6.07) is 12.1. The highest BCUT2D eigenvalue weighted by atomic mass is 79.9. The van der Waals surface area contributed by atoms with Gasteiger partial charge >= 0.3 is 0 Å². The Bertz CT molecular complexity index is 675. The number of benzene rings is 2. The number of methoxy groups -OCH3 is 2. The van der Waals surface area contributed by atoms with Gasteiger partial charge in [-0.25, -0.2) is 0 Å². The van der Waals surface area contributed by atoms with Crippen molar-refractivity contribution in [1.82, 2.24) is 0 Å². The monoisotopic (exact) mass is 378 g/mol. The highest BCUT2D eigenvalue weighted by Gasteiger charge is 2.23. The summed E-state index contributed by atoms with van der Waals surface area (Å²) in [5, 5.41) is 0. The molecular weight excluding hydrogens is 356 g/mol. The van der Waals surface area contributed by atoms with Crippen molar-refractivity contribution in [3.63, 3.8) is 0 Å². The zero-order valence-electron chi connectivity index (χ0n) is 14.3. The van der Waals surface area contributed by atoms with Crippen molar-refractivity contribution in [2.45, 2.75) is 26.2 Å². The van der Waals surface area contributed by atoms with Gasteiger partial charge in [0.25, 0.3) is 0 Å². The van der Waals surface area contributed by atoms with E-state index in [1.807, 2.05) is 18.2 Å². The molecule has 0 aliphatic rings. The van der Waals surface area contributed by atoms with Crippen LogP contribution < -0.4 is 9.47 Å². The third kappa shape index (κ3) is 4.06. The molecule has 0 aliphatic carbocycles. The largest absolute Gasteiger partial charge is 0.497 e. The summed E-state index contributed by atoms with van der Waals surface area (Å²) in [5.74, 6) is 1.65. The molecular formula is C19H23BrO3. The van der Waals surface area contributed by atoms with Gasteiger partial charge in [0.2, 0.25) is 0 Å². The van der Waals surface area contributed by atoms with E-state index in [1.165, 1.54) is 0 Å². The lowest BCUT2D eigenvalue weighted by Crippen LogP contribution is -2.15. The maximum absolute atomic E-state index is 5.94. The van der Waals surface area contributed by atoms with Crippen molar-refractivity contribution in [1.29, 1.82) is 0 Å². The summed E-state index contributed by atoms with van der Waals surface area (Å²) in [5.41, 5.74) is 3.15. The number of hydrogen-bond donors (Lipinski definition) is 0. The predicted octanol–water partition coefficient (Wildman–Crippen LogP) is 5.40. The summed E-state index contributed by atoms with van der Waals surface area (Å²) in [6.45, 7) is 6.73. The van der Waals surface area contributed by atoms with Crippen LogP contribution in [0.1, 0.15) is 26.3 Å². The lowest BCUT2D eigenvalue weighted by atomic mass is 9.84. The van der Waals surface area contributed by atoms with E-state index in [2.05, 4.69) is 54.9 Å². The Morgan fingerprint density at radius 2 is 1.74 bits per heavy atom. The van der Waals surface area contributed by atoms with Crippen LogP contribution in [0.2, 0.25) is 0 Å². The molecule has 0 atom stereocenters. The maximum Gasteiger partial charge on any atom is 0.188 e. The minimum Gasteiger partial charge on any atom is -0.497 e. The maximum atomic E-state index is 5.94. The molecule has 23 heavy (non-hydrogen) atoms. The van der Waals surface area contributed by atoms with Gasteiger partial charge < -0.3 is 14.2 Å². The molecule has 3 nitrogen and oxygen atoms in total. The van der Waals surface area contributed by atoms with E-state index in [4.69, 9.17) is 14.2 Å². The summed E-state index contributed by atoms with van der Waals surface area (Å²) >= 11 is 3.63. The van der Waals surface area contributed by atoms with Gasteiger partial charge in [-0.2, -0.15) is 0 Å². The predicted molar refractivity (Wildman–Crippen MR) is 97.3 cm³/mol. The molecule has 0 aliphatic heterocycles. The Kier molecular flexibility index (Phi) is 5.71. The van der Waals surface area contributed by atoms with Crippen LogP contribution >= 0.6 is 15.9 Å². The van der Waals surface area contributed by atoms with Crippen LogP contribution in [0.3, 0.4) is 0 Å². The average Bonchev–Trinajstić information content (AvgIpc) is 2.52. The van der Waals surface area contributed by atoms with Crippen molar-refractivity contribution < 1.29 is 14.2 Å². The molecule has 0 heterocycles. The van der Waals surface area contributed by atoms with Crippen LogP contribution in [0.4, 0.5) is 0 Å². The Morgan fingerprint density at radius 3 is 2.35 bits per heavy atom. The van der Waals surface area contributed by atoms with E-state index in [1.54, 1.807) is 14.2 Å². The fourth-order valence-corrected chi connectivity index (χ4v) is 2.91. The summed E-state index contributed by atoms with van der Waals surface area (Å²) in [7, 11) is 3.29. The minimum absolute atomic E-state index is 0.0373. The fourth-order valence-electron chi connectivity index (χ4n) is 2.45. The third-order valence-corrected chi connectivity index (χ3v) is 4.30. The van der Waals surface area contributed by atoms with Gasteiger partial charge in [0.15, 0.2) is 6.79 Å². The summed E-state index contributed by atoms with van der Waals surface area (Å²) < 4.78 is 17.4. The van der Waals surface area contributed by atoms with Crippen molar-refractivity contribution in [2.24, 2.45) is 0 Å². The van der Waals surface area contributed by atoms with E-state index >= 15 is 0 Å². The van der Waals surface area contributed by atoms with Gasteiger partial charge in [-0.3, -0.25) is 0 Å². The second-order valence-corrected chi connectivity index (χ2v) is 7.18. The van der Waals surface area contributed by atoms with Crippen LogP contribution in [-0.4, -0.2) is 21.0 Å². The normalized spacial score (nSPS) is 11.4. The van der Waals surface area contributed by atoms with Crippen LogP contribution in [0.5, 0.6) is 11.5 Å². The van der Waals surface area contributed by atoms with Crippen molar-refractivity contribution in [3.05, 3.63) is 46.4 Å². The Labute approximate surface area is 146 Å². The SMILES string of the molecule is COCOc1c(-c2cc(OC)ccc2Br)cccc1C(C)(C)C. The molecule has 2 rings (SSSR count). The Hall–Kier alpha value is -1.52. The topological polar surface area (TPSA) is 27.7 Å². The quantitative estimate of drug-likeness (QED) is 0.651. The highest BCUT2D eigenvalue weighted by Crippen LogP contribution is 2.42. The standard InChI is InChI=1S/C19H23BrO3/c1-19(2,3)16-8-6-7-14(18(16)23-12-21-4)15-11-13(22-5)9-10-17(15)20/h6-11H,12H2,1-5H3. The second kappa shape index (κ2) is 7.37. The first-order valence-corrected chi connectivity index (χ1v) is 8.27. The number of halogens is 1. The lowest BCUT2D eigenvalue weighted by molar-refractivity contribution is 0.0502. The molecule has 0 amide bonds. The molecule has 0 saturated heterocycles. The molecule has 2 aromatic carbocycles. The summed E-state index contributed by atoms with van der Waals surface area (Å²) in [6.07, 6.45) is 0. The zero-order chi connectivity index (χ0) is 17.0. The Morgan fingerprint density at radius 1 is 1.00 bits per heavy atom. The van der Waals surface area contributed by atoms with Crippen LogP contribution in [0, 0.1) is 0 Å². The van der Waals surface area contributed by atoms with Gasteiger partial charge in [-0.15, -0.1) is 0 Å². The van der Waals surface area contributed by atoms with Crippen LogP contribution in [-0.2, 0) is 10.2 Å².